The van der Waals surface area contributed by atoms with Crippen molar-refractivity contribution in [2.24, 2.45) is 17.8 Å². The number of nitrogens with one attached hydrogen (secondary N) is 2. The fraction of sp³-hybridized carbons (Fsp3) is 0.571. The molecular weight excluding hydrogens is 342 g/mol. The number of aryl methyl sites for hydroxylation is 1. The fourth-order valence-electron chi connectivity index (χ4n) is 5.08. The Morgan fingerprint density at radius 2 is 1.93 bits per heavy atom. The first-order valence-corrected chi connectivity index (χ1v) is 9.89. The molecule has 0 aliphatic carbocycles. The first kappa shape index (κ1) is 18.2. The number of unbranched alkanes of at least 4 members (excludes halogenated alkanes) is 1. The molecule has 2 N–H and O–H groups in total. The number of likely N-dealkylation sites (tertiary alicyclic amines) is 1. The number of benzene rings is 1. The zero-order chi connectivity index (χ0) is 19.5. The van der Waals surface area contributed by atoms with Crippen molar-refractivity contribution in [3.63, 3.8) is 0 Å². The van der Waals surface area contributed by atoms with Gasteiger partial charge in [-0.05, 0) is 24.8 Å². The number of rotatable bonds is 4. The van der Waals surface area contributed by atoms with Crippen molar-refractivity contribution in [2.75, 3.05) is 11.9 Å². The van der Waals surface area contributed by atoms with Gasteiger partial charge in [0.1, 0.15) is 5.54 Å². The Morgan fingerprint density at radius 1 is 1.19 bits per heavy atom. The molecule has 6 heteroatoms. The number of carbonyl (C=O) groups is 3. The summed E-state index contributed by atoms with van der Waals surface area (Å²) < 4.78 is 0. The van der Waals surface area contributed by atoms with Crippen molar-refractivity contribution < 1.29 is 14.4 Å². The van der Waals surface area contributed by atoms with E-state index in [1.807, 2.05) is 45.9 Å². The Bertz CT molecular complexity index is 834. The fourth-order valence-corrected chi connectivity index (χ4v) is 5.08. The minimum atomic E-state index is -1.16. The molecule has 0 bridgehead atoms. The van der Waals surface area contributed by atoms with E-state index in [4.69, 9.17) is 0 Å². The molecule has 2 saturated heterocycles. The number of anilines is 1. The van der Waals surface area contributed by atoms with Gasteiger partial charge in [0.05, 0.1) is 11.8 Å². The highest BCUT2D eigenvalue weighted by molar-refractivity contribution is 6.15. The normalized spacial score (nSPS) is 31.8. The van der Waals surface area contributed by atoms with Gasteiger partial charge in [-0.25, -0.2) is 0 Å². The molecule has 6 nitrogen and oxygen atoms in total. The third kappa shape index (κ3) is 2.25. The highest BCUT2D eigenvalue weighted by Gasteiger charge is 2.70. The largest absolute Gasteiger partial charge is 0.324 e. The van der Waals surface area contributed by atoms with Crippen LogP contribution in [-0.4, -0.2) is 35.2 Å². The first-order valence-electron chi connectivity index (χ1n) is 9.89. The van der Waals surface area contributed by atoms with Crippen LogP contribution in [0.15, 0.2) is 18.2 Å². The lowest BCUT2D eigenvalue weighted by Gasteiger charge is -2.30. The van der Waals surface area contributed by atoms with E-state index in [9.17, 15) is 14.4 Å². The van der Waals surface area contributed by atoms with Gasteiger partial charge in [-0.15, -0.1) is 0 Å². The van der Waals surface area contributed by atoms with E-state index in [-0.39, 0.29) is 29.7 Å². The summed E-state index contributed by atoms with van der Waals surface area (Å²) in [6.07, 6.45) is 1.69. The van der Waals surface area contributed by atoms with Crippen LogP contribution >= 0.6 is 0 Å². The number of para-hydroxylation sites is 1. The highest BCUT2D eigenvalue weighted by atomic mass is 16.2. The van der Waals surface area contributed by atoms with Crippen LogP contribution in [-0.2, 0) is 19.9 Å². The molecule has 4 atom stereocenters. The summed E-state index contributed by atoms with van der Waals surface area (Å²) >= 11 is 0. The van der Waals surface area contributed by atoms with Gasteiger partial charge in [-0.1, -0.05) is 45.4 Å². The monoisotopic (exact) mass is 369 g/mol. The zero-order valence-corrected chi connectivity index (χ0v) is 16.3. The molecule has 1 spiro atoms. The smallest absolute Gasteiger partial charge is 0.250 e. The van der Waals surface area contributed by atoms with Gasteiger partial charge < -0.3 is 5.32 Å². The maximum atomic E-state index is 13.4. The van der Waals surface area contributed by atoms with Gasteiger partial charge in [0.15, 0.2) is 0 Å². The van der Waals surface area contributed by atoms with E-state index >= 15 is 0 Å². The first-order chi connectivity index (χ1) is 12.8. The molecule has 27 heavy (non-hydrogen) atoms. The van der Waals surface area contributed by atoms with Crippen molar-refractivity contribution in [1.29, 1.82) is 0 Å². The molecule has 1 aromatic rings. The molecule has 3 aliphatic rings. The molecule has 3 heterocycles. The molecule has 0 saturated carbocycles. The number of imide groups is 1. The second-order valence-electron chi connectivity index (χ2n) is 8.36. The predicted octanol–water partition coefficient (Wildman–Crippen LogP) is 2.17. The van der Waals surface area contributed by atoms with Crippen LogP contribution in [0.1, 0.15) is 44.7 Å². The lowest BCUT2D eigenvalue weighted by molar-refractivity contribution is -0.143. The van der Waals surface area contributed by atoms with Crippen molar-refractivity contribution in [2.45, 2.75) is 52.1 Å². The standard InChI is InChI=1S/C21H27N3O3/c1-5-6-10-24-18(25)14-15(19(24)26)21(23-16(14)11(2)3)13-9-7-8-12(4)17(13)22-20(21)27/h7-9,11,14-16,23H,5-6,10H2,1-4H3,(H,22,27)/t14-,15-,16+,21+/m0/s1. The van der Waals surface area contributed by atoms with Crippen molar-refractivity contribution >= 4 is 23.4 Å². The van der Waals surface area contributed by atoms with Crippen molar-refractivity contribution in [3.05, 3.63) is 29.3 Å². The van der Waals surface area contributed by atoms with E-state index in [1.54, 1.807) is 0 Å². The van der Waals surface area contributed by atoms with E-state index in [0.29, 0.717) is 6.54 Å². The van der Waals surface area contributed by atoms with E-state index in [2.05, 4.69) is 10.6 Å². The molecule has 144 valence electrons. The number of nitrogens with zero attached hydrogens (tertiary/aromatic N) is 1. The molecule has 0 aromatic heterocycles. The summed E-state index contributed by atoms with van der Waals surface area (Å²) in [7, 11) is 0. The number of fused-ring (bicyclic) bond motifs is 4. The zero-order valence-electron chi connectivity index (χ0n) is 16.3. The van der Waals surface area contributed by atoms with Crippen LogP contribution in [0.3, 0.4) is 0 Å². The minimum absolute atomic E-state index is 0.126. The average Bonchev–Trinajstić information content (AvgIpc) is 3.21. The van der Waals surface area contributed by atoms with Gasteiger partial charge in [-0.3, -0.25) is 24.6 Å². The predicted molar refractivity (Wildman–Crippen MR) is 102 cm³/mol. The van der Waals surface area contributed by atoms with Crippen LogP contribution in [0, 0.1) is 24.7 Å². The summed E-state index contributed by atoms with van der Waals surface area (Å²) in [4.78, 5) is 41.2. The maximum absolute atomic E-state index is 13.4. The molecular formula is C21H27N3O3. The van der Waals surface area contributed by atoms with E-state index in [0.717, 1.165) is 29.7 Å². The lowest BCUT2D eigenvalue weighted by Crippen LogP contribution is -2.54. The molecule has 4 rings (SSSR count). The molecule has 0 unspecified atom stereocenters. The second kappa shape index (κ2) is 6.16. The summed E-state index contributed by atoms with van der Waals surface area (Å²) in [6.45, 7) is 8.48. The Labute approximate surface area is 159 Å². The maximum Gasteiger partial charge on any atom is 0.250 e. The van der Waals surface area contributed by atoms with Gasteiger partial charge in [0.2, 0.25) is 17.7 Å². The quantitative estimate of drug-likeness (QED) is 0.798. The third-order valence-electron chi connectivity index (χ3n) is 6.44. The number of hydrogen-bond acceptors (Lipinski definition) is 4. The van der Waals surface area contributed by atoms with Crippen LogP contribution < -0.4 is 10.6 Å². The Balaban J connectivity index is 1.87. The van der Waals surface area contributed by atoms with Crippen molar-refractivity contribution in [1.82, 2.24) is 10.2 Å². The van der Waals surface area contributed by atoms with Gasteiger partial charge in [0.25, 0.3) is 0 Å². The lowest BCUT2D eigenvalue weighted by atomic mass is 9.75. The molecule has 2 fully saturated rings. The number of amides is 3. The van der Waals surface area contributed by atoms with Gasteiger partial charge in [0, 0.05) is 23.8 Å². The molecule has 3 aliphatic heterocycles. The third-order valence-corrected chi connectivity index (χ3v) is 6.44. The average molecular weight is 369 g/mol. The number of carbonyl (C=O) groups excluding carboxylic acids is 3. The SMILES string of the molecule is CCCCN1C(=O)[C@@H]2[C@@H](C(C)C)N[C@@]3(C(=O)Nc4c(C)cccc43)[C@@H]2C1=O. The van der Waals surface area contributed by atoms with E-state index < -0.39 is 17.4 Å². The van der Waals surface area contributed by atoms with Gasteiger partial charge >= 0.3 is 0 Å². The molecule has 1 aromatic carbocycles. The van der Waals surface area contributed by atoms with Crippen LogP contribution in [0.25, 0.3) is 0 Å². The molecule has 3 amide bonds. The summed E-state index contributed by atoms with van der Waals surface area (Å²) in [5.74, 6) is -1.61. The summed E-state index contributed by atoms with van der Waals surface area (Å²) in [6, 6.07) is 5.54. The minimum Gasteiger partial charge on any atom is -0.324 e. The summed E-state index contributed by atoms with van der Waals surface area (Å²) in [5.41, 5.74) is 1.37. The highest BCUT2D eigenvalue weighted by Crippen LogP contribution is 2.54. The van der Waals surface area contributed by atoms with Crippen molar-refractivity contribution in [3.8, 4) is 0 Å². The molecule has 0 radical (unpaired) electrons. The number of hydrogen-bond donors (Lipinski definition) is 2. The van der Waals surface area contributed by atoms with Crippen LogP contribution in [0.2, 0.25) is 0 Å². The van der Waals surface area contributed by atoms with Crippen LogP contribution in [0.4, 0.5) is 5.69 Å². The second-order valence-corrected chi connectivity index (χ2v) is 8.36. The Hall–Kier alpha value is -2.21. The van der Waals surface area contributed by atoms with Crippen LogP contribution in [0.5, 0.6) is 0 Å². The van der Waals surface area contributed by atoms with E-state index in [1.165, 1.54) is 4.90 Å². The van der Waals surface area contributed by atoms with Gasteiger partial charge in [-0.2, -0.15) is 0 Å². The Morgan fingerprint density at radius 3 is 2.59 bits per heavy atom. The Kier molecular flexibility index (Phi) is 4.14. The topological polar surface area (TPSA) is 78.5 Å². The summed E-state index contributed by atoms with van der Waals surface area (Å²) in [5, 5.41) is 6.44.